The monoisotopic (exact) mass is 289 g/mol. The number of nitrogens with one attached hydrogen (secondary N) is 2. The molecule has 1 aromatic heterocycles. The number of carbonyl (C=O) groups excluding carboxylic acids is 1. The average Bonchev–Trinajstić information content (AvgIpc) is 2.52. The first-order valence-corrected chi connectivity index (χ1v) is 6.35. The zero-order valence-corrected chi connectivity index (χ0v) is 11.2. The molecular formula is C14H15N3O4. The SMILES string of the molecule is O=C(NCC(O)COc1ccccc1)c1ccc(=O)[nH]n1. The second kappa shape index (κ2) is 7.20. The van der Waals surface area contributed by atoms with Gasteiger partial charge in [-0.05, 0) is 18.2 Å². The molecule has 0 radical (unpaired) electrons. The van der Waals surface area contributed by atoms with Crippen molar-refractivity contribution >= 4 is 5.91 Å². The third kappa shape index (κ3) is 4.73. The Morgan fingerprint density at radius 3 is 2.71 bits per heavy atom. The third-order valence-corrected chi connectivity index (χ3v) is 2.60. The lowest BCUT2D eigenvalue weighted by Crippen LogP contribution is -2.36. The van der Waals surface area contributed by atoms with E-state index in [1.54, 1.807) is 12.1 Å². The molecule has 0 aliphatic heterocycles. The van der Waals surface area contributed by atoms with Gasteiger partial charge < -0.3 is 15.2 Å². The molecule has 0 fully saturated rings. The summed E-state index contributed by atoms with van der Waals surface area (Å²) in [5.74, 6) is 0.162. The lowest BCUT2D eigenvalue weighted by atomic mass is 10.3. The minimum Gasteiger partial charge on any atom is -0.491 e. The summed E-state index contributed by atoms with van der Waals surface area (Å²) in [4.78, 5) is 22.5. The smallest absolute Gasteiger partial charge is 0.271 e. The van der Waals surface area contributed by atoms with Crippen LogP contribution in [0, 0.1) is 0 Å². The number of aromatic amines is 1. The maximum absolute atomic E-state index is 11.7. The summed E-state index contributed by atoms with van der Waals surface area (Å²) in [6.07, 6.45) is -0.850. The van der Waals surface area contributed by atoms with Gasteiger partial charge in [-0.3, -0.25) is 9.59 Å². The molecule has 0 saturated heterocycles. The number of benzene rings is 1. The summed E-state index contributed by atoms with van der Waals surface area (Å²) in [5, 5.41) is 18.0. The van der Waals surface area contributed by atoms with E-state index in [2.05, 4.69) is 15.5 Å². The standard InChI is InChI=1S/C14H15N3O4/c18-10(9-21-11-4-2-1-3-5-11)8-15-14(20)12-6-7-13(19)17-16-12/h1-7,10,18H,8-9H2,(H,15,20)(H,17,19). The van der Waals surface area contributed by atoms with Crippen LogP contribution in [0.25, 0.3) is 0 Å². The number of hydrogen-bond donors (Lipinski definition) is 3. The van der Waals surface area contributed by atoms with E-state index in [9.17, 15) is 14.7 Å². The van der Waals surface area contributed by atoms with Gasteiger partial charge in [0, 0.05) is 12.6 Å². The highest BCUT2D eigenvalue weighted by atomic mass is 16.5. The topological polar surface area (TPSA) is 104 Å². The molecule has 0 aliphatic carbocycles. The zero-order chi connectivity index (χ0) is 15.1. The van der Waals surface area contributed by atoms with Crippen LogP contribution in [-0.2, 0) is 0 Å². The Morgan fingerprint density at radius 2 is 2.05 bits per heavy atom. The van der Waals surface area contributed by atoms with Gasteiger partial charge in [0.15, 0.2) is 0 Å². The zero-order valence-electron chi connectivity index (χ0n) is 11.2. The molecule has 1 atom stereocenters. The number of rotatable bonds is 6. The van der Waals surface area contributed by atoms with Crippen LogP contribution < -0.4 is 15.6 Å². The Hall–Kier alpha value is -2.67. The fourth-order valence-electron chi connectivity index (χ4n) is 1.54. The van der Waals surface area contributed by atoms with Crippen molar-refractivity contribution in [1.82, 2.24) is 15.5 Å². The highest BCUT2D eigenvalue weighted by molar-refractivity contribution is 5.91. The molecule has 7 heteroatoms. The number of hydrogen-bond acceptors (Lipinski definition) is 5. The highest BCUT2D eigenvalue weighted by Crippen LogP contribution is 2.08. The highest BCUT2D eigenvalue weighted by Gasteiger charge is 2.10. The van der Waals surface area contributed by atoms with Gasteiger partial charge in [0.1, 0.15) is 24.2 Å². The van der Waals surface area contributed by atoms with Gasteiger partial charge in [-0.2, -0.15) is 5.10 Å². The summed E-state index contributed by atoms with van der Waals surface area (Å²) in [6.45, 7) is 0.0792. The van der Waals surface area contributed by atoms with Gasteiger partial charge in [-0.25, -0.2) is 5.10 Å². The van der Waals surface area contributed by atoms with Crippen molar-refractivity contribution < 1.29 is 14.6 Å². The van der Waals surface area contributed by atoms with E-state index in [-0.39, 0.29) is 24.4 Å². The van der Waals surface area contributed by atoms with Gasteiger partial charge in [-0.1, -0.05) is 18.2 Å². The van der Waals surface area contributed by atoms with Gasteiger partial charge in [0.25, 0.3) is 11.5 Å². The van der Waals surface area contributed by atoms with Crippen LogP contribution in [0.3, 0.4) is 0 Å². The molecule has 2 aromatic rings. The maximum Gasteiger partial charge on any atom is 0.271 e. The molecular weight excluding hydrogens is 274 g/mol. The Labute approximate surface area is 120 Å². The number of carbonyl (C=O) groups is 1. The minimum atomic E-state index is -0.850. The normalized spacial score (nSPS) is 11.7. The van der Waals surface area contributed by atoms with E-state index in [1.807, 2.05) is 18.2 Å². The molecule has 0 aliphatic rings. The first kappa shape index (κ1) is 14.7. The van der Waals surface area contributed by atoms with Crippen LogP contribution >= 0.6 is 0 Å². The number of nitrogens with zero attached hydrogens (tertiary/aromatic N) is 1. The van der Waals surface area contributed by atoms with Crippen molar-refractivity contribution in [2.45, 2.75) is 6.10 Å². The van der Waals surface area contributed by atoms with Crippen LogP contribution in [0.2, 0.25) is 0 Å². The number of aliphatic hydroxyl groups excluding tert-OH is 1. The molecule has 0 bridgehead atoms. The summed E-state index contributed by atoms with van der Waals surface area (Å²) in [7, 11) is 0. The van der Waals surface area contributed by atoms with Crippen LogP contribution in [0.5, 0.6) is 5.75 Å². The molecule has 1 amide bonds. The molecule has 21 heavy (non-hydrogen) atoms. The fraction of sp³-hybridized carbons (Fsp3) is 0.214. The number of ether oxygens (including phenoxy) is 1. The Kier molecular flexibility index (Phi) is 5.05. The van der Waals surface area contributed by atoms with E-state index >= 15 is 0 Å². The van der Waals surface area contributed by atoms with Crippen LogP contribution in [-0.4, -0.2) is 40.5 Å². The van der Waals surface area contributed by atoms with Crippen molar-refractivity contribution in [3.8, 4) is 5.75 Å². The van der Waals surface area contributed by atoms with E-state index in [4.69, 9.17) is 4.74 Å². The minimum absolute atomic E-state index is 0.0203. The van der Waals surface area contributed by atoms with Crippen molar-refractivity contribution in [1.29, 1.82) is 0 Å². The molecule has 1 aromatic carbocycles. The van der Waals surface area contributed by atoms with E-state index in [0.29, 0.717) is 5.75 Å². The van der Waals surface area contributed by atoms with Crippen molar-refractivity contribution in [3.05, 3.63) is 58.5 Å². The number of aromatic nitrogens is 2. The van der Waals surface area contributed by atoms with Crippen molar-refractivity contribution in [3.63, 3.8) is 0 Å². The van der Waals surface area contributed by atoms with E-state index in [0.717, 1.165) is 0 Å². The van der Waals surface area contributed by atoms with Crippen molar-refractivity contribution in [2.75, 3.05) is 13.2 Å². The van der Waals surface area contributed by atoms with Gasteiger partial charge >= 0.3 is 0 Å². The largest absolute Gasteiger partial charge is 0.491 e. The molecule has 2 rings (SSSR count). The van der Waals surface area contributed by atoms with Crippen LogP contribution in [0.15, 0.2) is 47.3 Å². The first-order chi connectivity index (χ1) is 10.1. The third-order valence-electron chi connectivity index (χ3n) is 2.60. The van der Waals surface area contributed by atoms with Crippen molar-refractivity contribution in [2.24, 2.45) is 0 Å². The average molecular weight is 289 g/mol. The first-order valence-electron chi connectivity index (χ1n) is 6.35. The lowest BCUT2D eigenvalue weighted by Gasteiger charge is -2.13. The Bertz CT molecular complexity index is 622. The number of para-hydroxylation sites is 1. The second-order valence-corrected chi connectivity index (χ2v) is 4.29. The molecule has 0 spiro atoms. The predicted molar refractivity (Wildman–Crippen MR) is 75.1 cm³/mol. The van der Waals surface area contributed by atoms with Crippen LogP contribution in [0.1, 0.15) is 10.5 Å². The summed E-state index contributed by atoms with van der Waals surface area (Å²) >= 11 is 0. The predicted octanol–water partition coefficient (Wildman–Crippen LogP) is -0.0604. The molecule has 1 heterocycles. The number of aliphatic hydroxyl groups is 1. The molecule has 0 saturated carbocycles. The van der Waals surface area contributed by atoms with Crippen LogP contribution in [0.4, 0.5) is 0 Å². The number of amides is 1. The van der Waals surface area contributed by atoms with Gasteiger partial charge in [-0.15, -0.1) is 0 Å². The van der Waals surface area contributed by atoms with E-state index < -0.39 is 12.0 Å². The van der Waals surface area contributed by atoms with Gasteiger partial charge in [0.2, 0.25) is 0 Å². The summed E-state index contributed by atoms with van der Waals surface area (Å²) in [6, 6.07) is 11.6. The molecule has 3 N–H and O–H groups in total. The lowest BCUT2D eigenvalue weighted by molar-refractivity contribution is 0.0839. The molecule has 110 valence electrons. The quantitative estimate of drug-likeness (QED) is 0.691. The summed E-state index contributed by atoms with van der Waals surface area (Å²) < 4.78 is 5.36. The van der Waals surface area contributed by atoms with Gasteiger partial charge in [0.05, 0.1) is 0 Å². The maximum atomic E-state index is 11.7. The van der Waals surface area contributed by atoms with E-state index in [1.165, 1.54) is 12.1 Å². The number of H-pyrrole nitrogens is 1. The molecule has 1 unspecified atom stereocenters. The fourth-order valence-corrected chi connectivity index (χ4v) is 1.54. The molecule has 7 nitrogen and oxygen atoms in total. The Morgan fingerprint density at radius 1 is 1.29 bits per heavy atom. The second-order valence-electron chi connectivity index (χ2n) is 4.29. The Balaban J connectivity index is 1.76. The summed E-state index contributed by atoms with van der Waals surface area (Å²) in [5.41, 5.74) is -0.311.